The highest BCUT2D eigenvalue weighted by molar-refractivity contribution is 7.57. The summed E-state index contributed by atoms with van der Waals surface area (Å²) in [6.07, 6.45) is 0. The maximum atomic E-state index is 12.4. The van der Waals surface area contributed by atoms with E-state index < -0.39 is 8.09 Å². The van der Waals surface area contributed by atoms with Crippen molar-refractivity contribution in [1.29, 1.82) is 0 Å². The van der Waals surface area contributed by atoms with E-state index in [4.69, 9.17) is 9.05 Å². The molecule has 0 aromatic heterocycles. The van der Waals surface area contributed by atoms with Crippen LogP contribution in [0.1, 0.15) is 11.6 Å². The summed E-state index contributed by atoms with van der Waals surface area (Å²) in [5, 5.41) is 2.94. The second kappa shape index (κ2) is 5.27. The van der Waals surface area contributed by atoms with E-state index >= 15 is 0 Å². The molecular formula is C14H14NO3P. The van der Waals surface area contributed by atoms with Crippen LogP contribution in [0.5, 0.6) is 5.75 Å². The second-order valence-electron chi connectivity index (χ2n) is 4.29. The molecule has 0 spiro atoms. The van der Waals surface area contributed by atoms with Gasteiger partial charge in [-0.15, -0.1) is 5.09 Å². The molecule has 2 unspecified atom stereocenters. The zero-order chi connectivity index (χ0) is 13.1. The first-order chi connectivity index (χ1) is 9.25. The van der Waals surface area contributed by atoms with Crippen LogP contribution in [0.2, 0.25) is 0 Å². The van der Waals surface area contributed by atoms with Crippen molar-refractivity contribution < 1.29 is 13.9 Å². The van der Waals surface area contributed by atoms with Gasteiger partial charge in [-0.05, 0) is 17.7 Å². The van der Waals surface area contributed by atoms with E-state index in [-0.39, 0.29) is 6.04 Å². The Balaban J connectivity index is 1.71. The van der Waals surface area contributed by atoms with Gasteiger partial charge in [0.2, 0.25) is 0 Å². The van der Waals surface area contributed by atoms with Crippen LogP contribution in [0.15, 0.2) is 60.7 Å². The summed E-state index contributed by atoms with van der Waals surface area (Å²) in [6, 6.07) is 18.7. The molecule has 1 heterocycles. The molecule has 1 N–H and O–H groups in total. The van der Waals surface area contributed by atoms with Crippen LogP contribution in [-0.2, 0) is 4.52 Å². The largest absolute Gasteiger partial charge is 0.608 e. The first-order valence-corrected chi connectivity index (χ1v) is 7.61. The molecule has 0 bridgehead atoms. The van der Waals surface area contributed by atoms with Crippen molar-refractivity contribution in [3.63, 3.8) is 0 Å². The Morgan fingerprint density at radius 2 is 1.68 bits per heavy atom. The Hall–Kier alpha value is -1.45. The second-order valence-corrected chi connectivity index (χ2v) is 5.98. The SMILES string of the molecule is [O-][P+]1(Oc2ccccc2)NC(c2ccccc2)CO1. The molecule has 4 nitrogen and oxygen atoms in total. The third-order valence-electron chi connectivity index (χ3n) is 2.90. The van der Waals surface area contributed by atoms with Crippen LogP contribution >= 0.6 is 8.09 Å². The van der Waals surface area contributed by atoms with E-state index in [1.807, 2.05) is 48.5 Å². The summed E-state index contributed by atoms with van der Waals surface area (Å²) < 4.78 is 10.8. The van der Waals surface area contributed by atoms with Crippen molar-refractivity contribution in [1.82, 2.24) is 5.09 Å². The van der Waals surface area contributed by atoms with Gasteiger partial charge in [0.05, 0.1) is 6.04 Å². The molecule has 19 heavy (non-hydrogen) atoms. The molecule has 0 aliphatic carbocycles. The van der Waals surface area contributed by atoms with E-state index in [1.165, 1.54) is 0 Å². The fourth-order valence-corrected chi connectivity index (χ4v) is 3.50. The van der Waals surface area contributed by atoms with Crippen LogP contribution in [0.3, 0.4) is 0 Å². The summed E-state index contributed by atoms with van der Waals surface area (Å²) in [5.74, 6) is 0.534. The fraction of sp³-hybridized carbons (Fsp3) is 0.143. The van der Waals surface area contributed by atoms with Gasteiger partial charge >= 0.3 is 8.09 Å². The maximum Gasteiger partial charge on any atom is 0.362 e. The van der Waals surface area contributed by atoms with Crippen LogP contribution in [0.25, 0.3) is 0 Å². The number of hydrogen-bond donors (Lipinski definition) is 1. The Kier molecular flexibility index (Phi) is 3.49. The Bertz CT molecular complexity index is 537. The van der Waals surface area contributed by atoms with Gasteiger partial charge in [0.15, 0.2) is 5.75 Å². The van der Waals surface area contributed by atoms with Crippen molar-refractivity contribution in [3.05, 3.63) is 66.2 Å². The zero-order valence-electron chi connectivity index (χ0n) is 10.2. The van der Waals surface area contributed by atoms with Gasteiger partial charge in [-0.2, -0.15) is 4.52 Å². The summed E-state index contributed by atoms with van der Waals surface area (Å²) in [7, 11) is -3.26. The average molecular weight is 275 g/mol. The Morgan fingerprint density at radius 3 is 2.37 bits per heavy atom. The van der Waals surface area contributed by atoms with E-state index in [2.05, 4.69) is 5.09 Å². The third-order valence-corrected chi connectivity index (χ3v) is 4.46. The van der Waals surface area contributed by atoms with Crippen LogP contribution < -0.4 is 14.5 Å². The Morgan fingerprint density at radius 1 is 1.05 bits per heavy atom. The van der Waals surface area contributed by atoms with Crippen molar-refractivity contribution in [2.45, 2.75) is 6.04 Å². The molecule has 98 valence electrons. The molecule has 2 aromatic rings. The first-order valence-electron chi connectivity index (χ1n) is 6.07. The van der Waals surface area contributed by atoms with E-state index in [0.29, 0.717) is 12.4 Å². The molecule has 2 atom stereocenters. The van der Waals surface area contributed by atoms with Crippen LogP contribution in [-0.4, -0.2) is 6.61 Å². The number of nitrogens with one attached hydrogen (secondary N) is 1. The lowest BCUT2D eigenvalue weighted by Crippen LogP contribution is -2.26. The lowest BCUT2D eigenvalue weighted by molar-refractivity contribution is -0.209. The molecule has 1 aliphatic heterocycles. The van der Waals surface area contributed by atoms with Gasteiger partial charge in [0.1, 0.15) is 6.61 Å². The molecule has 1 saturated heterocycles. The van der Waals surface area contributed by atoms with Crippen molar-refractivity contribution >= 4 is 8.09 Å². The van der Waals surface area contributed by atoms with E-state index in [9.17, 15) is 4.89 Å². The molecule has 0 amide bonds. The van der Waals surface area contributed by atoms with Gasteiger partial charge in [0, 0.05) is 0 Å². The quantitative estimate of drug-likeness (QED) is 0.874. The van der Waals surface area contributed by atoms with Gasteiger partial charge in [0.25, 0.3) is 0 Å². The third kappa shape index (κ3) is 2.94. The van der Waals surface area contributed by atoms with Crippen molar-refractivity contribution in [2.24, 2.45) is 0 Å². The highest BCUT2D eigenvalue weighted by Gasteiger charge is 2.43. The molecule has 1 aliphatic rings. The van der Waals surface area contributed by atoms with E-state index in [1.54, 1.807) is 12.1 Å². The molecule has 5 heteroatoms. The molecule has 3 rings (SSSR count). The number of para-hydroxylation sites is 1. The normalized spacial score (nSPS) is 26.3. The monoisotopic (exact) mass is 275 g/mol. The first kappa shape index (κ1) is 12.6. The predicted octanol–water partition coefficient (Wildman–Crippen LogP) is 2.46. The van der Waals surface area contributed by atoms with Gasteiger partial charge in [-0.25, -0.2) is 0 Å². The van der Waals surface area contributed by atoms with Crippen molar-refractivity contribution in [2.75, 3.05) is 6.61 Å². The number of benzene rings is 2. The number of hydrogen-bond acceptors (Lipinski definition) is 4. The topological polar surface area (TPSA) is 53.5 Å². The lowest BCUT2D eigenvalue weighted by Gasteiger charge is -2.21. The molecule has 0 saturated carbocycles. The predicted molar refractivity (Wildman–Crippen MR) is 72.3 cm³/mol. The van der Waals surface area contributed by atoms with Gasteiger partial charge in [-0.3, -0.25) is 0 Å². The minimum atomic E-state index is -3.26. The zero-order valence-corrected chi connectivity index (χ0v) is 11.1. The molecule has 0 radical (unpaired) electrons. The summed E-state index contributed by atoms with van der Waals surface area (Å²) >= 11 is 0. The standard InChI is InChI=1S/C14H14NO3P/c16-19(18-13-9-5-2-6-10-13)15-14(11-17-19)12-7-3-1-4-8-12/h1-10,14H,11H2,(H,15,16). The lowest BCUT2D eigenvalue weighted by atomic mass is 10.1. The summed E-state index contributed by atoms with van der Waals surface area (Å²) in [5.41, 5.74) is 1.04. The smallest absolute Gasteiger partial charge is 0.362 e. The van der Waals surface area contributed by atoms with Gasteiger partial charge in [-0.1, -0.05) is 48.5 Å². The molecular weight excluding hydrogens is 261 g/mol. The number of rotatable bonds is 3. The molecule has 1 fully saturated rings. The van der Waals surface area contributed by atoms with E-state index in [0.717, 1.165) is 5.56 Å². The minimum absolute atomic E-state index is 0.101. The highest BCUT2D eigenvalue weighted by atomic mass is 31.2. The van der Waals surface area contributed by atoms with Gasteiger partial charge < -0.3 is 9.42 Å². The van der Waals surface area contributed by atoms with Crippen LogP contribution in [0, 0.1) is 0 Å². The van der Waals surface area contributed by atoms with Crippen LogP contribution in [0.4, 0.5) is 0 Å². The highest BCUT2D eigenvalue weighted by Crippen LogP contribution is 2.54. The maximum absolute atomic E-state index is 12.4. The summed E-state index contributed by atoms with van der Waals surface area (Å²) in [4.78, 5) is 12.4. The Labute approximate surface area is 112 Å². The summed E-state index contributed by atoms with van der Waals surface area (Å²) in [6.45, 7) is 0.341. The fourth-order valence-electron chi connectivity index (χ4n) is 1.97. The van der Waals surface area contributed by atoms with Crippen molar-refractivity contribution in [3.8, 4) is 5.75 Å². The average Bonchev–Trinajstić information content (AvgIpc) is 2.83. The molecule has 2 aromatic carbocycles. The minimum Gasteiger partial charge on any atom is -0.608 e.